The van der Waals surface area contributed by atoms with Crippen molar-refractivity contribution in [1.82, 2.24) is 10.4 Å². The van der Waals surface area contributed by atoms with Crippen molar-refractivity contribution in [3.63, 3.8) is 0 Å². The van der Waals surface area contributed by atoms with Gasteiger partial charge < -0.3 is 0 Å². The molecule has 0 fully saturated rings. The highest BCUT2D eigenvalue weighted by molar-refractivity contribution is 7.12. The van der Waals surface area contributed by atoms with Crippen molar-refractivity contribution in [3.8, 4) is 0 Å². The molecule has 0 aliphatic carbocycles. The fourth-order valence-corrected chi connectivity index (χ4v) is 1.87. The Morgan fingerprint density at radius 1 is 1.41 bits per heavy atom. The van der Waals surface area contributed by atoms with E-state index in [4.69, 9.17) is 0 Å². The van der Waals surface area contributed by atoms with Crippen molar-refractivity contribution in [1.29, 1.82) is 0 Å². The molecule has 0 atom stereocenters. The lowest BCUT2D eigenvalue weighted by Gasteiger charge is -1.96. The number of nitrogens with zero attached hydrogens (tertiary/aromatic N) is 2. The summed E-state index contributed by atoms with van der Waals surface area (Å²) < 4.78 is 0. The van der Waals surface area contributed by atoms with Crippen LogP contribution in [-0.4, -0.2) is 17.1 Å². The lowest BCUT2D eigenvalue weighted by Crippen LogP contribution is -2.16. The molecule has 0 bridgehead atoms. The van der Waals surface area contributed by atoms with Crippen LogP contribution in [0.15, 0.2) is 40.8 Å². The number of amides is 1. The van der Waals surface area contributed by atoms with Gasteiger partial charge in [-0.25, -0.2) is 5.43 Å². The van der Waals surface area contributed by atoms with Gasteiger partial charge in [0.2, 0.25) is 0 Å². The van der Waals surface area contributed by atoms with Crippen LogP contribution in [-0.2, 0) is 0 Å². The molecule has 0 saturated carbocycles. The van der Waals surface area contributed by atoms with Crippen LogP contribution in [0.1, 0.15) is 21.1 Å². The Balaban J connectivity index is 1.96. The van der Waals surface area contributed by atoms with E-state index < -0.39 is 0 Å². The number of thiophene rings is 1. The number of nitrogens with one attached hydrogen (secondary N) is 1. The second-order valence-corrected chi connectivity index (χ2v) is 4.33. The maximum absolute atomic E-state index is 11.5. The Labute approximate surface area is 103 Å². The van der Waals surface area contributed by atoms with Gasteiger partial charge in [0.15, 0.2) is 0 Å². The van der Waals surface area contributed by atoms with Gasteiger partial charge in [0, 0.05) is 5.69 Å². The normalized spacial score (nSPS) is 10.6. The topological polar surface area (TPSA) is 54.4 Å². The standard InChI is InChI=1S/C12H11N3OS/c1-9-4-2-5-10(14-9)8-13-15-12(16)11-6-3-7-17-11/h2-8H,1H3,(H,15,16)/b13-8-. The maximum Gasteiger partial charge on any atom is 0.281 e. The smallest absolute Gasteiger partial charge is 0.266 e. The number of carbonyl (C=O) groups is 1. The van der Waals surface area contributed by atoms with Gasteiger partial charge in [-0.1, -0.05) is 12.1 Å². The summed E-state index contributed by atoms with van der Waals surface area (Å²) in [4.78, 5) is 16.4. The molecular weight excluding hydrogens is 234 g/mol. The number of aromatic nitrogens is 1. The molecule has 0 aromatic carbocycles. The van der Waals surface area contributed by atoms with E-state index in [0.717, 1.165) is 11.4 Å². The number of rotatable bonds is 3. The van der Waals surface area contributed by atoms with E-state index >= 15 is 0 Å². The van der Waals surface area contributed by atoms with E-state index in [2.05, 4.69) is 15.5 Å². The van der Waals surface area contributed by atoms with Crippen LogP contribution in [0.3, 0.4) is 0 Å². The quantitative estimate of drug-likeness (QED) is 0.666. The van der Waals surface area contributed by atoms with Gasteiger partial charge in [-0.05, 0) is 30.5 Å². The Morgan fingerprint density at radius 2 is 2.29 bits per heavy atom. The van der Waals surface area contributed by atoms with E-state index in [1.807, 2.05) is 36.6 Å². The third kappa shape index (κ3) is 3.22. The van der Waals surface area contributed by atoms with Gasteiger partial charge in [0.1, 0.15) is 0 Å². The third-order valence-corrected chi connectivity index (χ3v) is 2.89. The highest BCUT2D eigenvalue weighted by Crippen LogP contribution is 2.07. The number of hydrogen-bond donors (Lipinski definition) is 1. The molecule has 5 heteroatoms. The molecule has 2 aromatic rings. The van der Waals surface area contributed by atoms with E-state index in [0.29, 0.717) is 4.88 Å². The van der Waals surface area contributed by atoms with Crippen LogP contribution < -0.4 is 5.43 Å². The first-order chi connectivity index (χ1) is 8.25. The van der Waals surface area contributed by atoms with Crippen molar-refractivity contribution >= 4 is 23.5 Å². The van der Waals surface area contributed by atoms with Gasteiger partial charge >= 0.3 is 0 Å². The summed E-state index contributed by atoms with van der Waals surface area (Å²) in [5, 5.41) is 5.71. The number of pyridine rings is 1. The summed E-state index contributed by atoms with van der Waals surface area (Å²) >= 11 is 1.38. The second-order valence-electron chi connectivity index (χ2n) is 3.38. The van der Waals surface area contributed by atoms with Crippen molar-refractivity contribution in [2.24, 2.45) is 5.10 Å². The Hall–Kier alpha value is -2.01. The minimum absolute atomic E-state index is 0.205. The summed E-state index contributed by atoms with van der Waals surface area (Å²) in [5.74, 6) is -0.205. The SMILES string of the molecule is Cc1cccc(/C=N\NC(=O)c2cccs2)n1. The molecule has 0 aliphatic heterocycles. The molecule has 1 amide bonds. The number of aryl methyl sites for hydroxylation is 1. The number of hydrazone groups is 1. The summed E-state index contributed by atoms with van der Waals surface area (Å²) in [6.45, 7) is 1.90. The molecule has 86 valence electrons. The van der Waals surface area contributed by atoms with Crippen LogP contribution in [0.5, 0.6) is 0 Å². The van der Waals surface area contributed by atoms with Crippen LogP contribution >= 0.6 is 11.3 Å². The van der Waals surface area contributed by atoms with E-state index in [1.54, 1.807) is 6.07 Å². The van der Waals surface area contributed by atoms with Crippen LogP contribution in [0, 0.1) is 6.92 Å². The average molecular weight is 245 g/mol. The summed E-state index contributed by atoms with van der Waals surface area (Å²) in [7, 11) is 0. The van der Waals surface area contributed by atoms with Crippen LogP contribution in [0.4, 0.5) is 0 Å². The third-order valence-electron chi connectivity index (χ3n) is 2.02. The molecule has 0 radical (unpaired) electrons. The van der Waals surface area contributed by atoms with Gasteiger partial charge in [-0.15, -0.1) is 11.3 Å². The van der Waals surface area contributed by atoms with Crippen molar-refractivity contribution in [2.75, 3.05) is 0 Å². The first-order valence-corrected chi connectivity index (χ1v) is 5.94. The van der Waals surface area contributed by atoms with Crippen molar-refractivity contribution in [3.05, 3.63) is 52.0 Å². The van der Waals surface area contributed by atoms with Crippen LogP contribution in [0.2, 0.25) is 0 Å². The minimum atomic E-state index is -0.205. The van der Waals surface area contributed by atoms with Gasteiger partial charge in [-0.3, -0.25) is 9.78 Å². The molecule has 0 saturated heterocycles. The molecule has 2 heterocycles. The van der Waals surface area contributed by atoms with E-state index in [-0.39, 0.29) is 5.91 Å². The zero-order valence-corrected chi connectivity index (χ0v) is 10.1. The van der Waals surface area contributed by atoms with Crippen molar-refractivity contribution < 1.29 is 4.79 Å². The molecule has 0 unspecified atom stereocenters. The highest BCUT2D eigenvalue weighted by atomic mass is 32.1. The van der Waals surface area contributed by atoms with Gasteiger partial charge in [0.05, 0.1) is 16.8 Å². The fraction of sp³-hybridized carbons (Fsp3) is 0.0833. The molecular formula is C12H11N3OS. The van der Waals surface area contributed by atoms with Crippen molar-refractivity contribution in [2.45, 2.75) is 6.92 Å². The minimum Gasteiger partial charge on any atom is -0.266 e. The lowest BCUT2D eigenvalue weighted by molar-refractivity contribution is 0.0959. The first kappa shape index (κ1) is 11.5. The summed E-state index contributed by atoms with van der Waals surface area (Å²) in [6, 6.07) is 9.20. The fourth-order valence-electron chi connectivity index (χ4n) is 1.26. The largest absolute Gasteiger partial charge is 0.281 e. The predicted molar refractivity (Wildman–Crippen MR) is 68.4 cm³/mol. The second kappa shape index (κ2) is 5.36. The molecule has 17 heavy (non-hydrogen) atoms. The zero-order chi connectivity index (χ0) is 12.1. The zero-order valence-electron chi connectivity index (χ0n) is 9.25. The average Bonchev–Trinajstić information content (AvgIpc) is 2.82. The van der Waals surface area contributed by atoms with Gasteiger partial charge in [0.25, 0.3) is 5.91 Å². The highest BCUT2D eigenvalue weighted by Gasteiger charge is 2.03. The maximum atomic E-state index is 11.5. The number of hydrogen-bond acceptors (Lipinski definition) is 4. The predicted octanol–water partition coefficient (Wildman–Crippen LogP) is 2.22. The monoisotopic (exact) mass is 245 g/mol. The Morgan fingerprint density at radius 3 is 3.00 bits per heavy atom. The molecule has 2 rings (SSSR count). The van der Waals surface area contributed by atoms with Crippen LogP contribution in [0.25, 0.3) is 0 Å². The van der Waals surface area contributed by atoms with E-state index in [9.17, 15) is 4.79 Å². The summed E-state index contributed by atoms with van der Waals surface area (Å²) in [5.41, 5.74) is 4.09. The molecule has 0 spiro atoms. The Kier molecular flexibility index (Phi) is 3.62. The Bertz CT molecular complexity index is 534. The molecule has 0 aliphatic rings. The van der Waals surface area contributed by atoms with Gasteiger partial charge in [-0.2, -0.15) is 5.10 Å². The number of carbonyl (C=O) groups excluding carboxylic acids is 1. The molecule has 4 nitrogen and oxygen atoms in total. The first-order valence-electron chi connectivity index (χ1n) is 5.06. The molecule has 2 aromatic heterocycles. The summed E-state index contributed by atoms with van der Waals surface area (Å²) in [6.07, 6.45) is 1.53. The van der Waals surface area contributed by atoms with E-state index in [1.165, 1.54) is 17.6 Å². The molecule has 1 N–H and O–H groups in total. The lowest BCUT2D eigenvalue weighted by atomic mass is 10.3.